The maximum Gasteiger partial charge on any atom is 0.271 e. The largest absolute Gasteiger partial charge is 0.349 e. The lowest BCUT2D eigenvalue weighted by atomic mass is 10.4. The first-order valence-corrected chi connectivity index (χ1v) is 6.83. The van der Waals surface area contributed by atoms with Gasteiger partial charge >= 0.3 is 0 Å². The molecular weight excluding hydrogens is 260 g/mol. The molecule has 0 spiro atoms. The molecule has 1 amide bonds. The van der Waals surface area contributed by atoms with Crippen molar-refractivity contribution < 1.29 is 13.2 Å². The van der Waals surface area contributed by atoms with Crippen molar-refractivity contribution in [3.8, 4) is 0 Å². The Morgan fingerprint density at radius 1 is 1.39 bits per heavy atom. The van der Waals surface area contributed by atoms with Gasteiger partial charge in [0.2, 0.25) is 10.0 Å². The predicted molar refractivity (Wildman–Crippen MR) is 65.0 cm³/mol. The third-order valence-electron chi connectivity index (χ3n) is 1.79. The number of nitrogens with one attached hydrogen (secondary N) is 3. The number of rotatable bonds is 6. The number of nitrogens with two attached hydrogens (primary N) is 1. The van der Waals surface area contributed by atoms with Crippen molar-refractivity contribution >= 4 is 21.7 Å². The quantitative estimate of drug-likeness (QED) is 0.268. The lowest BCUT2D eigenvalue weighted by Gasteiger charge is -2.05. The van der Waals surface area contributed by atoms with Crippen LogP contribution in [0.2, 0.25) is 0 Å². The molecule has 0 fully saturated rings. The second kappa shape index (κ2) is 6.23. The van der Waals surface area contributed by atoms with E-state index in [0.29, 0.717) is 0 Å². The monoisotopic (exact) mass is 274 g/mol. The van der Waals surface area contributed by atoms with Gasteiger partial charge in [-0.1, -0.05) is 0 Å². The zero-order valence-corrected chi connectivity index (χ0v) is 10.5. The molecule has 1 heterocycles. The molecule has 10 heteroatoms. The molecule has 9 nitrogen and oxygen atoms in total. The van der Waals surface area contributed by atoms with Gasteiger partial charge in [0.05, 0.1) is 18.6 Å². The highest BCUT2D eigenvalue weighted by molar-refractivity contribution is 7.88. The Kier molecular flexibility index (Phi) is 4.95. The third-order valence-corrected chi connectivity index (χ3v) is 2.52. The van der Waals surface area contributed by atoms with E-state index in [2.05, 4.69) is 25.4 Å². The molecule has 0 aliphatic carbocycles. The highest BCUT2D eigenvalue weighted by atomic mass is 32.2. The Bertz CT molecular complexity index is 517. The molecule has 100 valence electrons. The van der Waals surface area contributed by atoms with Gasteiger partial charge in [-0.3, -0.25) is 9.78 Å². The van der Waals surface area contributed by atoms with E-state index in [4.69, 9.17) is 5.84 Å². The van der Waals surface area contributed by atoms with Crippen LogP contribution in [0.25, 0.3) is 0 Å². The smallest absolute Gasteiger partial charge is 0.271 e. The molecule has 5 N–H and O–H groups in total. The van der Waals surface area contributed by atoms with Gasteiger partial charge in [0, 0.05) is 13.1 Å². The minimum Gasteiger partial charge on any atom is -0.349 e. The van der Waals surface area contributed by atoms with Crippen LogP contribution in [0.1, 0.15) is 10.5 Å². The van der Waals surface area contributed by atoms with Crippen molar-refractivity contribution in [1.29, 1.82) is 0 Å². The number of aromatic nitrogens is 2. The number of hydrogen-bond acceptors (Lipinski definition) is 7. The molecular formula is C8H14N6O3S. The average Bonchev–Trinajstić information content (AvgIpc) is 2.33. The molecule has 0 aliphatic rings. The number of carbonyl (C=O) groups is 1. The fourth-order valence-electron chi connectivity index (χ4n) is 1.05. The molecule has 0 saturated carbocycles. The fraction of sp³-hybridized carbons (Fsp3) is 0.375. The normalized spacial score (nSPS) is 11.0. The van der Waals surface area contributed by atoms with Crippen LogP contribution in [-0.4, -0.2) is 43.6 Å². The van der Waals surface area contributed by atoms with Crippen molar-refractivity contribution in [3.63, 3.8) is 0 Å². The minimum atomic E-state index is -3.25. The van der Waals surface area contributed by atoms with Gasteiger partial charge in [-0.25, -0.2) is 24.0 Å². The fourth-order valence-corrected chi connectivity index (χ4v) is 1.52. The van der Waals surface area contributed by atoms with Gasteiger partial charge in [-0.2, -0.15) is 0 Å². The molecule has 18 heavy (non-hydrogen) atoms. The summed E-state index contributed by atoms with van der Waals surface area (Å²) in [4.78, 5) is 19.2. The topological polar surface area (TPSA) is 139 Å². The number of hydrogen-bond donors (Lipinski definition) is 4. The molecule has 0 saturated heterocycles. The Balaban J connectivity index is 2.45. The first kappa shape index (κ1) is 14.3. The Morgan fingerprint density at radius 3 is 2.72 bits per heavy atom. The van der Waals surface area contributed by atoms with Crippen molar-refractivity contribution in [2.45, 2.75) is 0 Å². The lowest BCUT2D eigenvalue weighted by Crippen LogP contribution is -2.34. The maximum atomic E-state index is 11.6. The van der Waals surface area contributed by atoms with Gasteiger partial charge in [0.25, 0.3) is 5.91 Å². The maximum absolute atomic E-state index is 11.6. The molecule has 0 aliphatic heterocycles. The highest BCUT2D eigenvalue weighted by Gasteiger charge is 2.08. The van der Waals surface area contributed by atoms with Crippen LogP contribution in [0.4, 0.5) is 5.82 Å². The molecule has 0 unspecified atom stereocenters. The summed E-state index contributed by atoms with van der Waals surface area (Å²) in [5.74, 6) is 4.93. The van der Waals surface area contributed by atoms with E-state index in [1.54, 1.807) is 0 Å². The van der Waals surface area contributed by atoms with Crippen LogP contribution in [0.15, 0.2) is 12.4 Å². The van der Waals surface area contributed by atoms with Crippen molar-refractivity contribution in [2.75, 3.05) is 24.8 Å². The number of nitrogen functional groups attached to an aromatic ring is 1. The second-order valence-corrected chi connectivity index (χ2v) is 5.19. The van der Waals surface area contributed by atoms with Crippen LogP contribution < -0.4 is 21.3 Å². The Hall–Kier alpha value is -1.78. The molecule has 1 aromatic heterocycles. The number of anilines is 1. The Morgan fingerprint density at radius 2 is 2.11 bits per heavy atom. The number of carbonyl (C=O) groups excluding carboxylic acids is 1. The molecule has 0 atom stereocenters. The van der Waals surface area contributed by atoms with E-state index < -0.39 is 15.9 Å². The summed E-state index contributed by atoms with van der Waals surface area (Å²) >= 11 is 0. The summed E-state index contributed by atoms with van der Waals surface area (Å²) in [6.07, 6.45) is 3.68. The number of amides is 1. The van der Waals surface area contributed by atoms with E-state index >= 15 is 0 Å². The summed E-state index contributed by atoms with van der Waals surface area (Å²) < 4.78 is 23.8. The predicted octanol–water partition coefficient (Wildman–Crippen LogP) is -1.96. The first-order chi connectivity index (χ1) is 8.42. The van der Waals surface area contributed by atoms with Gasteiger partial charge in [0.15, 0.2) is 5.82 Å². The van der Waals surface area contributed by atoms with Gasteiger partial charge in [-0.15, -0.1) is 0 Å². The number of hydrazine groups is 1. The molecule has 0 aromatic carbocycles. The highest BCUT2D eigenvalue weighted by Crippen LogP contribution is 1.99. The summed E-state index contributed by atoms with van der Waals surface area (Å²) in [6, 6.07) is 0. The van der Waals surface area contributed by atoms with Crippen LogP contribution >= 0.6 is 0 Å². The second-order valence-electron chi connectivity index (χ2n) is 3.36. The van der Waals surface area contributed by atoms with Crippen molar-refractivity contribution in [2.24, 2.45) is 5.84 Å². The molecule has 0 bridgehead atoms. The Labute approximate surface area is 104 Å². The number of sulfonamides is 1. The summed E-state index contributed by atoms with van der Waals surface area (Å²) in [5, 5.41) is 2.49. The SMILES string of the molecule is CS(=O)(=O)NCCNC(=O)c1cncc(NN)n1. The standard InChI is InChI=1S/C8H14N6O3S/c1-18(16,17)12-3-2-11-8(15)6-4-10-5-7(13-6)14-9/h4-5,12H,2-3,9H2,1H3,(H,11,15)(H,13,14). The lowest BCUT2D eigenvalue weighted by molar-refractivity contribution is 0.0949. The van der Waals surface area contributed by atoms with E-state index in [0.717, 1.165) is 6.26 Å². The van der Waals surface area contributed by atoms with E-state index in [-0.39, 0.29) is 24.6 Å². The van der Waals surface area contributed by atoms with E-state index in [1.807, 2.05) is 0 Å². The average molecular weight is 274 g/mol. The van der Waals surface area contributed by atoms with Crippen LogP contribution in [0, 0.1) is 0 Å². The van der Waals surface area contributed by atoms with Gasteiger partial charge in [0.1, 0.15) is 5.69 Å². The van der Waals surface area contributed by atoms with Crippen molar-refractivity contribution in [1.82, 2.24) is 20.0 Å². The third kappa shape index (κ3) is 5.03. The number of nitrogens with zero attached hydrogens (tertiary/aromatic N) is 2. The van der Waals surface area contributed by atoms with E-state index in [1.165, 1.54) is 12.4 Å². The summed E-state index contributed by atoms with van der Waals surface area (Å²) in [5.41, 5.74) is 2.35. The first-order valence-electron chi connectivity index (χ1n) is 4.94. The van der Waals surface area contributed by atoms with Crippen LogP contribution in [0.5, 0.6) is 0 Å². The zero-order valence-electron chi connectivity index (χ0n) is 9.67. The van der Waals surface area contributed by atoms with Crippen molar-refractivity contribution in [3.05, 3.63) is 18.1 Å². The summed E-state index contributed by atoms with van der Waals surface area (Å²) in [6.45, 7) is 0.251. The molecule has 0 radical (unpaired) electrons. The summed E-state index contributed by atoms with van der Waals surface area (Å²) in [7, 11) is -3.25. The minimum absolute atomic E-state index is 0.0878. The molecule has 1 aromatic rings. The van der Waals surface area contributed by atoms with Crippen LogP contribution in [-0.2, 0) is 10.0 Å². The molecule has 1 rings (SSSR count). The van der Waals surface area contributed by atoms with Crippen LogP contribution in [0.3, 0.4) is 0 Å². The van der Waals surface area contributed by atoms with Gasteiger partial charge < -0.3 is 10.7 Å². The van der Waals surface area contributed by atoms with Gasteiger partial charge in [-0.05, 0) is 0 Å². The van der Waals surface area contributed by atoms with E-state index in [9.17, 15) is 13.2 Å². The zero-order chi connectivity index (χ0) is 13.6.